The predicted molar refractivity (Wildman–Crippen MR) is 109 cm³/mol. The normalized spacial score (nSPS) is 17.1. The van der Waals surface area contributed by atoms with Crippen molar-refractivity contribution in [3.8, 4) is 5.69 Å². The third-order valence-electron chi connectivity index (χ3n) is 4.63. The summed E-state index contributed by atoms with van der Waals surface area (Å²) >= 11 is 2.26. The molecular weight excluding hydrogens is 458 g/mol. The Hall–Kier alpha value is -2.19. The second kappa shape index (κ2) is 7.82. The molecule has 1 aliphatic rings. The second-order valence-electron chi connectivity index (χ2n) is 6.41. The number of aromatic nitrogens is 1. The zero-order valence-electron chi connectivity index (χ0n) is 14.5. The van der Waals surface area contributed by atoms with Crippen LogP contribution in [0.25, 0.3) is 5.69 Å². The molecule has 6 heteroatoms. The Labute approximate surface area is 170 Å². The van der Waals surface area contributed by atoms with Crippen molar-refractivity contribution in [3.05, 3.63) is 87.5 Å². The van der Waals surface area contributed by atoms with Crippen molar-refractivity contribution in [1.29, 1.82) is 0 Å². The molecule has 2 aromatic carbocycles. The number of nitrogens with zero attached hydrogens (tertiary/aromatic N) is 2. The molecule has 1 fully saturated rings. The van der Waals surface area contributed by atoms with E-state index in [1.165, 1.54) is 12.1 Å². The summed E-state index contributed by atoms with van der Waals surface area (Å²) in [5.41, 5.74) is 2.31. The average Bonchev–Trinajstić information content (AvgIpc) is 3.17. The molecule has 1 atom stereocenters. The zero-order valence-corrected chi connectivity index (χ0v) is 16.7. The standard InChI is InChI=1S/C21H18FIN2O2/c22-16-5-1-4-15(12-16)20-14-24(10-11-27-20)21(26)19-8-3-9-25(19)18-7-2-6-17(23)13-18/h1-9,12-13,20H,10-11,14H2. The minimum atomic E-state index is -0.320. The predicted octanol–water partition coefficient (Wildman–Crippen LogP) is 4.43. The van der Waals surface area contributed by atoms with Gasteiger partial charge < -0.3 is 14.2 Å². The molecule has 0 N–H and O–H groups in total. The van der Waals surface area contributed by atoms with Crippen LogP contribution < -0.4 is 0 Å². The lowest BCUT2D eigenvalue weighted by atomic mass is 10.1. The lowest BCUT2D eigenvalue weighted by Crippen LogP contribution is -2.42. The fourth-order valence-electron chi connectivity index (χ4n) is 3.31. The molecule has 1 aromatic heterocycles. The number of amides is 1. The largest absolute Gasteiger partial charge is 0.370 e. The van der Waals surface area contributed by atoms with Gasteiger partial charge in [-0.15, -0.1) is 0 Å². The van der Waals surface area contributed by atoms with Crippen molar-refractivity contribution in [2.75, 3.05) is 19.7 Å². The van der Waals surface area contributed by atoms with Crippen molar-refractivity contribution in [2.24, 2.45) is 0 Å². The molecule has 0 spiro atoms. The molecule has 27 heavy (non-hydrogen) atoms. The van der Waals surface area contributed by atoms with Crippen molar-refractivity contribution in [3.63, 3.8) is 0 Å². The summed E-state index contributed by atoms with van der Waals surface area (Å²) in [4.78, 5) is 14.9. The van der Waals surface area contributed by atoms with Gasteiger partial charge in [-0.05, 0) is 70.6 Å². The first-order valence-electron chi connectivity index (χ1n) is 8.71. The van der Waals surface area contributed by atoms with Crippen LogP contribution in [0.5, 0.6) is 0 Å². The molecule has 0 bridgehead atoms. The molecule has 4 rings (SSSR count). The van der Waals surface area contributed by atoms with Crippen LogP contribution in [-0.4, -0.2) is 35.1 Å². The van der Waals surface area contributed by atoms with E-state index in [9.17, 15) is 9.18 Å². The number of ether oxygens (including phenoxy) is 1. The number of hydrogen-bond donors (Lipinski definition) is 0. The van der Waals surface area contributed by atoms with E-state index < -0.39 is 0 Å². The average molecular weight is 476 g/mol. The highest BCUT2D eigenvalue weighted by atomic mass is 127. The number of carbonyl (C=O) groups excluding carboxylic acids is 1. The summed E-state index contributed by atoms with van der Waals surface area (Å²) < 4.78 is 22.3. The second-order valence-corrected chi connectivity index (χ2v) is 7.65. The number of hydrogen-bond acceptors (Lipinski definition) is 2. The Kier molecular flexibility index (Phi) is 5.27. The molecule has 1 amide bonds. The summed E-state index contributed by atoms with van der Waals surface area (Å²) in [5.74, 6) is -0.351. The van der Waals surface area contributed by atoms with Gasteiger partial charge in [-0.3, -0.25) is 4.79 Å². The van der Waals surface area contributed by atoms with Crippen molar-refractivity contribution >= 4 is 28.5 Å². The minimum Gasteiger partial charge on any atom is -0.370 e. The summed E-state index contributed by atoms with van der Waals surface area (Å²) in [6.07, 6.45) is 1.57. The first-order valence-corrected chi connectivity index (χ1v) is 9.79. The molecule has 1 aliphatic heterocycles. The highest BCUT2D eigenvalue weighted by Crippen LogP contribution is 2.25. The monoisotopic (exact) mass is 476 g/mol. The fourth-order valence-corrected chi connectivity index (χ4v) is 3.84. The van der Waals surface area contributed by atoms with E-state index >= 15 is 0 Å². The minimum absolute atomic E-state index is 0.0523. The van der Waals surface area contributed by atoms with E-state index in [0.29, 0.717) is 25.4 Å². The number of morpholine rings is 1. The maximum atomic E-state index is 13.5. The van der Waals surface area contributed by atoms with Crippen molar-refractivity contribution in [2.45, 2.75) is 6.10 Å². The van der Waals surface area contributed by atoms with Gasteiger partial charge in [0.25, 0.3) is 5.91 Å². The molecule has 0 radical (unpaired) electrons. The van der Waals surface area contributed by atoms with Gasteiger partial charge >= 0.3 is 0 Å². The van der Waals surface area contributed by atoms with Crippen LogP contribution in [0.2, 0.25) is 0 Å². The van der Waals surface area contributed by atoms with Crippen LogP contribution in [0.15, 0.2) is 66.9 Å². The van der Waals surface area contributed by atoms with Gasteiger partial charge in [-0.2, -0.15) is 0 Å². The topological polar surface area (TPSA) is 34.5 Å². The number of benzene rings is 2. The van der Waals surface area contributed by atoms with Crippen molar-refractivity contribution < 1.29 is 13.9 Å². The van der Waals surface area contributed by atoms with Gasteiger partial charge in [0.05, 0.1) is 13.2 Å². The highest BCUT2D eigenvalue weighted by molar-refractivity contribution is 14.1. The van der Waals surface area contributed by atoms with E-state index in [-0.39, 0.29) is 17.8 Å². The molecule has 0 aliphatic carbocycles. The summed E-state index contributed by atoms with van der Waals surface area (Å²) in [6.45, 7) is 1.35. The van der Waals surface area contributed by atoms with Crippen LogP contribution in [0.4, 0.5) is 4.39 Å². The smallest absolute Gasteiger partial charge is 0.271 e. The highest BCUT2D eigenvalue weighted by Gasteiger charge is 2.27. The fraction of sp³-hybridized carbons (Fsp3) is 0.190. The van der Waals surface area contributed by atoms with Crippen LogP contribution in [-0.2, 0) is 4.74 Å². The molecule has 4 nitrogen and oxygen atoms in total. The third kappa shape index (κ3) is 3.91. The molecule has 3 aromatic rings. The number of halogens is 2. The lowest BCUT2D eigenvalue weighted by Gasteiger charge is -2.33. The Bertz CT molecular complexity index is 972. The molecule has 0 saturated carbocycles. The Morgan fingerprint density at radius 1 is 1.11 bits per heavy atom. The van der Waals surface area contributed by atoms with Gasteiger partial charge in [0, 0.05) is 22.0 Å². The van der Waals surface area contributed by atoms with Crippen LogP contribution in [0.1, 0.15) is 22.2 Å². The van der Waals surface area contributed by atoms with E-state index in [2.05, 4.69) is 22.6 Å². The van der Waals surface area contributed by atoms with Crippen LogP contribution >= 0.6 is 22.6 Å². The van der Waals surface area contributed by atoms with E-state index in [4.69, 9.17) is 4.74 Å². The summed E-state index contributed by atoms with van der Waals surface area (Å²) in [7, 11) is 0. The Balaban J connectivity index is 1.58. The van der Waals surface area contributed by atoms with E-state index in [0.717, 1.165) is 14.8 Å². The quantitative estimate of drug-likeness (QED) is 0.525. The van der Waals surface area contributed by atoms with Crippen LogP contribution in [0, 0.1) is 9.39 Å². The maximum absolute atomic E-state index is 13.5. The summed E-state index contributed by atoms with van der Waals surface area (Å²) in [6, 6.07) is 18.1. The molecule has 138 valence electrons. The van der Waals surface area contributed by atoms with Gasteiger partial charge in [0.1, 0.15) is 17.6 Å². The SMILES string of the molecule is O=C(c1cccn1-c1cccc(I)c1)N1CCOC(c2cccc(F)c2)C1. The Morgan fingerprint density at radius 2 is 1.96 bits per heavy atom. The van der Waals surface area contributed by atoms with Gasteiger partial charge in [0.15, 0.2) is 0 Å². The maximum Gasteiger partial charge on any atom is 0.271 e. The van der Waals surface area contributed by atoms with E-state index in [1.54, 1.807) is 11.0 Å². The van der Waals surface area contributed by atoms with Crippen LogP contribution in [0.3, 0.4) is 0 Å². The Morgan fingerprint density at radius 3 is 2.78 bits per heavy atom. The summed E-state index contributed by atoms with van der Waals surface area (Å²) in [5, 5.41) is 0. The van der Waals surface area contributed by atoms with Gasteiger partial charge in [-0.1, -0.05) is 18.2 Å². The first-order chi connectivity index (χ1) is 13.1. The molecule has 2 heterocycles. The van der Waals surface area contributed by atoms with Crippen molar-refractivity contribution in [1.82, 2.24) is 9.47 Å². The van der Waals surface area contributed by atoms with Gasteiger partial charge in [-0.25, -0.2) is 4.39 Å². The van der Waals surface area contributed by atoms with Gasteiger partial charge in [0.2, 0.25) is 0 Å². The van der Waals surface area contributed by atoms with E-state index in [1.807, 2.05) is 53.2 Å². The number of carbonyl (C=O) groups is 1. The number of rotatable bonds is 3. The molecule has 1 saturated heterocycles. The molecule has 1 unspecified atom stereocenters. The lowest BCUT2D eigenvalue weighted by molar-refractivity contribution is -0.0231. The first kappa shape index (κ1) is 18.2. The third-order valence-corrected chi connectivity index (χ3v) is 5.30. The zero-order chi connectivity index (χ0) is 18.8. The molecular formula is C21H18FIN2O2.